The average molecular weight is 410 g/mol. The molecule has 3 aliphatic rings. The van der Waals surface area contributed by atoms with Crippen LogP contribution in [0.25, 0.3) is 0 Å². The summed E-state index contributed by atoms with van der Waals surface area (Å²) in [7, 11) is 0. The highest BCUT2D eigenvalue weighted by Gasteiger charge is 2.60. The second kappa shape index (κ2) is 6.94. The number of alkyl halides is 3. The summed E-state index contributed by atoms with van der Waals surface area (Å²) in [5.74, 6) is -2.94. The van der Waals surface area contributed by atoms with Crippen LogP contribution in [0.15, 0.2) is 11.1 Å². The molecule has 0 aliphatic carbocycles. The first-order valence-corrected chi connectivity index (χ1v) is 8.99. The molecule has 7 nitrogen and oxygen atoms in total. The number of ether oxygens (including phenoxy) is 6. The smallest absolute Gasteiger partial charge is 0.412 e. The summed E-state index contributed by atoms with van der Waals surface area (Å²) in [5.41, 5.74) is -1.55. The highest BCUT2D eigenvalue weighted by Crippen LogP contribution is 2.42. The third kappa shape index (κ3) is 4.20. The molecule has 3 saturated heterocycles. The summed E-state index contributed by atoms with van der Waals surface area (Å²) < 4.78 is 72.8. The lowest BCUT2D eigenvalue weighted by molar-refractivity contribution is -0.235. The molecule has 0 bridgehead atoms. The van der Waals surface area contributed by atoms with E-state index >= 15 is 0 Å². The van der Waals surface area contributed by atoms with Crippen LogP contribution >= 0.6 is 0 Å². The van der Waals surface area contributed by atoms with E-state index in [1.807, 2.05) is 0 Å². The third-order valence-corrected chi connectivity index (χ3v) is 4.96. The first-order valence-electron chi connectivity index (χ1n) is 8.99. The van der Waals surface area contributed by atoms with Crippen LogP contribution in [0.3, 0.4) is 0 Å². The molecule has 3 aliphatic heterocycles. The van der Waals surface area contributed by atoms with Gasteiger partial charge in [-0.15, -0.1) is 0 Å². The molecule has 0 aromatic heterocycles. The Morgan fingerprint density at radius 2 is 1.64 bits per heavy atom. The highest BCUT2D eigenvalue weighted by molar-refractivity contribution is 5.89. The number of rotatable bonds is 3. The summed E-state index contributed by atoms with van der Waals surface area (Å²) in [6.45, 7) is 8.85. The van der Waals surface area contributed by atoms with E-state index in [-0.39, 0.29) is 6.61 Å². The van der Waals surface area contributed by atoms with Crippen molar-refractivity contribution in [3.05, 3.63) is 11.1 Å². The van der Waals surface area contributed by atoms with Crippen LogP contribution in [-0.4, -0.2) is 61.0 Å². The Labute approximate surface area is 161 Å². The lowest BCUT2D eigenvalue weighted by atomic mass is 10.1. The van der Waals surface area contributed by atoms with Gasteiger partial charge in [-0.2, -0.15) is 13.2 Å². The standard InChI is InChI=1S/C18H25F3O7/c1-8(9(2)18(19,20)21)14(22)24-12-11(10-7-23-16(3,4)26-10)25-15-13(12)27-17(5,6)28-15/h10-13,15H,7H2,1-6H3/b9-8+/t10-,11-,12+,13-,15-/m1/s1. The Balaban J connectivity index is 1.82. The predicted octanol–water partition coefficient (Wildman–Crippen LogP) is 2.82. The Morgan fingerprint density at radius 1 is 1.00 bits per heavy atom. The van der Waals surface area contributed by atoms with Crippen molar-refractivity contribution in [1.82, 2.24) is 0 Å². The van der Waals surface area contributed by atoms with Gasteiger partial charge in [0.2, 0.25) is 0 Å². The van der Waals surface area contributed by atoms with Gasteiger partial charge in [-0.25, -0.2) is 4.79 Å². The molecular formula is C18H25F3O7. The summed E-state index contributed by atoms with van der Waals surface area (Å²) >= 11 is 0. The molecule has 0 spiro atoms. The van der Waals surface area contributed by atoms with Crippen molar-refractivity contribution in [3.63, 3.8) is 0 Å². The lowest BCUT2D eigenvalue weighted by Gasteiger charge is -2.29. The van der Waals surface area contributed by atoms with E-state index in [9.17, 15) is 18.0 Å². The number of carbonyl (C=O) groups excluding carboxylic acids is 1. The molecule has 3 heterocycles. The Kier molecular flexibility index (Phi) is 5.33. The number of allylic oxidation sites excluding steroid dienone is 1. The summed E-state index contributed by atoms with van der Waals surface area (Å²) in [5, 5.41) is 0. The SMILES string of the molecule is C/C(C(=O)O[C@@H]1[C@H]2OC(C)(C)O[C@H]2O[C@@H]1[C@H]1COC(C)(C)O1)=C(/C)C(F)(F)F. The van der Waals surface area contributed by atoms with E-state index in [4.69, 9.17) is 28.4 Å². The normalized spacial score (nSPS) is 37.5. The third-order valence-electron chi connectivity index (χ3n) is 4.96. The number of hydrogen-bond acceptors (Lipinski definition) is 7. The molecule has 0 N–H and O–H groups in total. The van der Waals surface area contributed by atoms with E-state index in [1.165, 1.54) is 0 Å². The average Bonchev–Trinajstić information content (AvgIpc) is 3.15. The maximum absolute atomic E-state index is 12.9. The van der Waals surface area contributed by atoms with Crippen LogP contribution in [0.2, 0.25) is 0 Å². The molecule has 5 atom stereocenters. The van der Waals surface area contributed by atoms with Crippen molar-refractivity contribution in [2.75, 3.05) is 6.61 Å². The predicted molar refractivity (Wildman–Crippen MR) is 87.9 cm³/mol. The zero-order valence-electron chi connectivity index (χ0n) is 16.6. The Morgan fingerprint density at radius 3 is 2.18 bits per heavy atom. The number of hydrogen-bond donors (Lipinski definition) is 0. The first-order chi connectivity index (χ1) is 12.7. The Hall–Kier alpha value is -1.20. The van der Waals surface area contributed by atoms with Crippen LogP contribution in [0.1, 0.15) is 41.5 Å². The molecule has 0 saturated carbocycles. The molecule has 0 amide bonds. The van der Waals surface area contributed by atoms with Gasteiger partial charge in [-0.1, -0.05) is 0 Å². The summed E-state index contributed by atoms with van der Waals surface area (Å²) in [6.07, 6.45) is -8.68. The van der Waals surface area contributed by atoms with Gasteiger partial charge in [-0.3, -0.25) is 0 Å². The van der Waals surface area contributed by atoms with Crippen LogP contribution in [0.5, 0.6) is 0 Å². The van der Waals surface area contributed by atoms with Gasteiger partial charge in [0, 0.05) is 11.1 Å². The van der Waals surface area contributed by atoms with Crippen LogP contribution in [0, 0.1) is 0 Å². The van der Waals surface area contributed by atoms with Crippen molar-refractivity contribution in [2.45, 2.75) is 90.0 Å². The minimum Gasteiger partial charge on any atom is -0.453 e. The van der Waals surface area contributed by atoms with Gasteiger partial charge in [0.15, 0.2) is 30.1 Å². The number of halogens is 3. The molecule has 3 rings (SSSR count). The fourth-order valence-electron chi connectivity index (χ4n) is 3.39. The van der Waals surface area contributed by atoms with E-state index in [0.29, 0.717) is 0 Å². The second-order valence-electron chi connectivity index (χ2n) is 8.05. The zero-order valence-corrected chi connectivity index (χ0v) is 16.6. The van der Waals surface area contributed by atoms with Crippen LogP contribution in [-0.2, 0) is 33.2 Å². The molecule has 0 radical (unpaired) electrons. The lowest BCUT2D eigenvalue weighted by Crippen LogP contribution is -2.45. The van der Waals surface area contributed by atoms with Crippen molar-refractivity contribution in [1.29, 1.82) is 0 Å². The number of fused-ring (bicyclic) bond motifs is 1. The topological polar surface area (TPSA) is 72.5 Å². The van der Waals surface area contributed by atoms with Gasteiger partial charge in [0.05, 0.1) is 6.61 Å². The summed E-state index contributed by atoms with van der Waals surface area (Å²) in [6, 6.07) is 0. The second-order valence-corrected chi connectivity index (χ2v) is 8.05. The Bertz CT molecular complexity index is 671. The molecule has 160 valence electrons. The summed E-state index contributed by atoms with van der Waals surface area (Å²) in [4.78, 5) is 12.4. The molecule has 0 aromatic rings. The van der Waals surface area contributed by atoms with E-state index in [0.717, 1.165) is 13.8 Å². The monoisotopic (exact) mass is 410 g/mol. The van der Waals surface area contributed by atoms with Gasteiger partial charge in [0.1, 0.15) is 12.2 Å². The van der Waals surface area contributed by atoms with Gasteiger partial charge < -0.3 is 28.4 Å². The van der Waals surface area contributed by atoms with Crippen LogP contribution in [0.4, 0.5) is 13.2 Å². The van der Waals surface area contributed by atoms with Gasteiger partial charge in [-0.05, 0) is 41.5 Å². The minimum absolute atomic E-state index is 0.172. The fraction of sp³-hybridized carbons (Fsp3) is 0.833. The number of carbonyl (C=O) groups is 1. The van der Waals surface area contributed by atoms with Gasteiger partial charge in [0.25, 0.3) is 0 Å². The maximum atomic E-state index is 12.9. The van der Waals surface area contributed by atoms with Crippen LogP contribution < -0.4 is 0 Å². The highest BCUT2D eigenvalue weighted by atomic mass is 19.4. The van der Waals surface area contributed by atoms with Crippen molar-refractivity contribution >= 4 is 5.97 Å². The maximum Gasteiger partial charge on any atom is 0.412 e. The van der Waals surface area contributed by atoms with Crippen molar-refractivity contribution < 1.29 is 46.4 Å². The molecule has 28 heavy (non-hydrogen) atoms. The first kappa shape index (κ1) is 21.5. The van der Waals surface area contributed by atoms with E-state index in [1.54, 1.807) is 27.7 Å². The molecule has 10 heteroatoms. The van der Waals surface area contributed by atoms with Gasteiger partial charge >= 0.3 is 12.1 Å². The molecular weight excluding hydrogens is 385 g/mol. The van der Waals surface area contributed by atoms with E-state index < -0.39 is 65.6 Å². The molecule has 0 unspecified atom stereocenters. The zero-order chi connectivity index (χ0) is 21.1. The van der Waals surface area contributed by atoms with Crippen molar-refractivity contribution in [3.8, 4) is 0 Å². The quantitative estimate of drug-likeness (QED) is 0.523. The molecule has 3 fully saturated rings. The van der Waals surface area contributed by atoms with Crippen molar-refractivity contribution in [2.24, 2.45) is 0 Å². The molecule has 0 aromatic carbocycles. The largest absolute Gasteiger partial charge is 0.453 e. The van der Waals surface area contributed by atoms with E-state index in [2.05, 4.69) is 0 Å². The number of esters is 1. The fourth-order valence-corrected chi connectivity index (χ4v) is 3.39. The minimum atomic E-state index is -4.63.